The molecule has 0 heterocycles. The molecule has 0 aliphatic carbocycles. The monoisotopic (exact) mass is 200 g/mol. The van der Waals surface area contributed by atoms with Gasteiger partial charge in [0.15, 0.2) is 0 Å². The molecule has 0 saturated heterocycles. The second kappa shape index (κ2) is 5.10. The van der Waals surface area contributed by atoms with E-state index in [0.29, 0.717) is 18.2 Å². The minimum atomic E-state index is 0.552. The number of ether oxygens (including phenoxy) is 2. The zero-order valence-corrected chi connectivity index (χ0v) is 8.60. The molecular weight excluding hydrogens is 188 g/mol. The topological polar surface area (TPSA) is 18.5 Å². The van der Waals surface area contributed by atoms with Gasteiger partial charge in [0, 0.05) is 12.1 Å². The van der Waals surface area contributed by atoms with E-state index < -0.39 is 0 Å². The second-order valence-electron chi connectivity index (χ2n) is 2.81. The Hall–Kier alpha value is -0.730. The van der Waals surface area contributed by atoms with E-state index in [1.165, 1.54) is 0 Å². The molecule has 0 atom stereocenters. The Morgan fingerprint density at radius 1 is 1.23 bits per heavy atom. The summed E-state index contributed by atoms with van der Waals surface area (Å²) < 4.78 is 10.3. The van der Waals surface area contributed by atoms with Crippen molar-refractivity contribution in [3.8, 4) is 5.75 Å². The first kappa shape index (κ1) is 10.4. The highest BCUT2D eigenvalue weighted by Crippen LogP contribution is 2.20. The van der Waals surface area contributed by atoms with Gasteiger partial charge in [0.25, 0.3) is 0 Å². The first-order valence-corrected chi connectivity index (χ1v) is 4.49. The molecule has 1 aromatic rings. The summed E-state index contributed by atoms with van der Waals surface area (Å²) in [5.74, 6) is 0.794. The Kier molecular flexibility index (Phi) is 4.06. The lowest BCUT2D eigenvalue weighted by Gasteiger charge is -2.06. The number of hydrogen-bond acceptors (Lipinski definition) is 2. The number of aryl methyl sites for hydroxylation is 1. The maximum Gasteiger partial charge on any atom is 0.121 e. The van der Waals surface area contributed by atoms with Gasteiger partial charge in [0.2, 0.25) is 0 Å². The first-order valence-electron chi connectivity index (χ1n) is 4.11. The molecule has 1 aromatic carbocycles. The van der Waals surface area contributed by atoms with Crippen LogP contribution in [0, 0.1) is 6.92 Å². The fraction of sp³-hybridized carbons (Fsp3) is 0.400. The minimum Gasteiger partial charge on any atom is -0.491 e. The van der Waals surface area contributed by atoms with Gasteiger partial charge >= 0.3 is 0 Å². The van der Waals surface area contributed by atoms with Gasteiger partial charge in [0.1, 0.15) is 12.4 Å². The molecule has 0 aromatic heterocycles. The highest BCUT2D eigenvalue weighted by Gasteiger charge is 1.97. The summed E-state index contributed by atoms with van der Waals surface area (Å²) in [5, 5.41) is 0.701. The van der Waals surface area contributed by atoms with Crippen LogP contribution in [0.4, 0.5) is 0 Å². The number of halogens is 1. The predicted octanol–water partition coefficient (Wildman–Crippen LogP) is 2.67. The lowest BCUT2D eigenvalue weighted by Crippen LogP contribution is -2.04. The van der Waals surface area contributed by atoms with Crippen LogP contribution < -0.4 is 4.74 Å². The van der Waals surface area contributed by atoms with Gasteiger partial charge in [-0.05, 0) is 30.7 Å². The lowest BCUT2D eigenvalue weighted by atomic mass is 10.2. The zero-order valence-electron chi connectivity index (χ0n) is 7.84. The molecule has 0 saturated carbocycles. The molecule has 0 fully saturated rings. The van der Waals surface area contributed by atoms with E-state index in [9.17, 15) is 0 Å². The third-order valence-electron chi connectivity index (χ3n) is 1.57. The van der Waals surface area contributed by atoms with Crippen molar-refractivity contribution in [3.63, 3.8) is 0 Å². The molecule has 0 aliphatic rings. The van der Waals surface area contributed by atoms with Gasteiger partial charge in [-0.2, -0.15) is 0 Å². The van der Waals surface area contributed by atoms with Crippen molar-refractivity contribution in [3.05, 3.63) is 28.8 Å². The molecule has 0 N–H and O–H groups in total. The third kappa shape index (κ3) is 3.66. The molecule has 13 heavy (non-hydrogen) atoms. The Morgan fingerprint density at radius 3 is 2.62 bits per heavy atom. The summed E-state index contributed by atoms with van der Waals surface area (Å²) in [5.41, 5.74) is 1.10. The highest BCUT2D eigenvalue weighted by molar-refractivity contribution is 6.30. The first-order chi connectivity index (χ1) is 6.22. The fourth-order valence-corrected chi connectivity index (χ4v) is 1.31. The summed E-state index contributed by atoms with van der Waals surface area (Å²) in [7, 11) is 1.65. The summed E-state index contributed by atoms with van der Waals surface area (Å²) in [6, 6.07) is 5.64. The molecule has 0 aliphatic heterocycles. The van der Waals surface area contributed by atoms with Crippen LogP contribution in [0.25, 0.3) is 0 Å². The molecule has 0 radical (unpaired) electrons. The smallest absolute Gasteiger partial charge is 0.121 e. The van der Waals surface area contributed by atoms with Gasteiger partial charge in [-0.3, -0.25) is 0 Å². The molecule has 0 spiro atoms. The molecule has 0 amide bonds. The van der Waals surface area contributed by atoms with Gasteiger partial charge in [-0.1, -0.05) is 11.6 Å². The number of methoxy groups -OCH3 is 1. The van der Waals surface area contributed by atoms with Crippen LogP contribution >= 0.6 is 11.6 Å². The van der Waals surface area contributed by atoms with Crippen molar-refractivity contribution < 1.29 is 9.47 Å². The molecule has 1 rings (SSSR count). The average Bonchev–Trinajstić information content (AvgIpc) is 2.03. The quantitative estimate of drug-likeness (QED) is 0.696. The fourth-order valence-electron chi connectivity index (χ4n) is 1.03. The van der Waals surface area contributed by atoms with Crippen LogP contribution in [0.5, 0.6) is 5.75 Å². The number of hydrogen-bond donors (Lipinski definition) is 0. The van der Waals surface area contributed by atoms with Crippen LogP contribution in [0.15, 0.2) is 18.2 Å². The van der Waals surface area contributed by atoms with E-state index in [1.54, 1.807) is 13.2 Å². The predicted molar refractivity (Wildman–Crippen MR) is 53.6 cm³/mol. The maximum atomic E-state index is 5.85. The summed E-state index contributed by atoms with van der Waals surface area (Å²) in [4.78, 5) is 0. The number of rotatable bonds is 4. The van der Waals surface area contributed by atoms with Crippen molar-refractivity contribution in [1.29, 1.82) is 0 Å². The SMILES string of the molecule is COCCOc1cc(C)cc(Cl)c1. The van der Waals surface area contributed by atoms with Gasteiger partial charge < -0.3 is 9.47 Å². The minimum absolute atomic E-state index is 0.552. The van der Waals surface area contributed by atoms with Gasteiger partial charge in [0.05, 0.1) is 6.61 Å². The van der Waals surface area contributed by atoms with Gasteiger partial charge in [-0.25, -0.2) is 0 Å². The standard InChI is InChI=1S/C10H13ClO2/c1-8-5-9(11)7-10(6-8)13-4-3-12-2/h5-7H,3-4H2,1-2H3. The summed E-state index contributed by atoms with van der Waals surface area (Å²) >= 11 is 5.85. The molecule has 0 unspecified atom stereocenters. The number of benzene rings is 1. The Balaban J connectivity index is 2.56. The van der Waals surface area contributed by atoms with Crippen molar-refractivity contribution in [2.45, 2.75) is 6.92 Å². The second-order valence-corrected chi connectivity index (χ2v) is 3.24. The van der Waals surface area contributed by atoms with E-state index in [1.807, 2.05) is 19.1 Å². The normalized spacial score (nSPS) is 10.1. The highest BCUT2D eigenvalue weighted by atomic mass is 35.5. The van der Waals surface area contributed by atoms with E-state index in [4.69, 9.17) is 21.1 Å². The van der Waals surface area contributed by atoms with Crippen LogP contribution in [-0.2, 0) is 4.74 Å². The van der Waals surface area contributed by atoms with E-state index in [-0.39, 0.29) is 0 Å². The van der Waals surface area contributed by atoms with E-state index >= 15 is 0 Å². The molecule has 0 bridgehead atoms. The van der Waals surface area contributed by atoms with Crippen molar-refractivity contribution in [1.82, 2.24) is 0 Å². The summed E-state index contributed by atoms with van der Waals surface area (Å²) in [6.45, 7) is 3.12. The van der Waals surface area contributed by atoms with Crippen molar-refractivity contribution >= 4 is 11.6 Å². The summed E-state index contributed by atoms with van der Waals surface area (Å²) in [6.07, 6.45) is 0. The van der Waals surface area contributed by atoms with Crippen LogP contribution in [-0.4, -0.2) is 20.3 Å². The Morgan fingerprint density at radius 2 is 2.00 bits per heavy atom. The van der Waals surface area contributed by atoms with Crippen LogP contribution in [0.2, 0.25) is 5.02 Å². The lowest BCUT2D eigenvalue weighted by molar-refractivity contribution is 0.146. The Bertz CT molecular complexity index is 253. The average molecular weight is 201 g/mol. The van der Waals surface area contributed by atoms with Crippen LogP contribution in [0.1, 0.15) is 5.56 Å². The van der Waals surface area contributed by atoms with Gasteiger partial charge in [-0.15, -0.1) is 0 Å². The Labute approximate surface area is 83.4 Å². The van der Waals surface area contributed by atoms with Crippen LogP contribution in [0.3, 0.4) is 0 Å². The molecule has 3 heteroatoms. The van der Waals surface area contributed by atoms with E-state index in [2.05, 4.69) is 0 Å². The van der Waals surface area contributed by atoms with Crippen molar-refractivity contribution in [2.24, 2.45) is 0 Å². The molecule has 2 nitrogen and oxygen atoms in total. The largest absolute Gasteiger partial charge is 0.491 e. The zero-order chi connectivity index (χ0) is 9.68. The maximum absolute atomic E-state index is 5.85. The molecular formula is C10H13ClO2. The third-order valence-corrected chi connectivity index (χ3v) is 1.79. The van der Waals surface area contributed by atoms with Crippen molar-refractivity contribution in [2.75, 3.05) is 20.3 Å². The molecule has 72 valence electrons. The van der Waals surface area contributed by atoms with E-state index in [0.717, 1.165) is 11.3 Å².